The minimum atomic E-state index is -3.37. The van der Waals surface area contributed by atoms with Crippen molar-refractivity contribution in [1.82, 2.24) is 0 Å². The number of anilines is 1. The summed E-state index contributed by atoms with van der Waals surface area (Å²) in [4.78, 5) is 10.2. The van der Waals surface area contributed by atoms with E-state index in [0.29, 0.717) is 12.2 Å². The van der Waals surface area contributed by atoms with E-state index in [9.17, 15) is 18.5 Å². The number of nitrogens with zero attached hydrogens (tertiary/aromatic N) is 2. The smallest absolute Gasteiger partial charge is 0.270 e. The monoisotopic (exact) mass is 256 g/mol. The van der Waals surface area contributed by atoms with E-state index in [1.54, 1.807) is 6.07 Å². The van der Waals surface area contributed by atoms with Crippen molar-refractivity contribution in [3.05, 3.63) is 33.9 Å². The average Bonchev–Trinajstić information content (AvgIpc) is 2.26. The molecule has 2 rings (SSSR count). The molecular formula is C10H12N2O4S. The van der Waals surface area contributed by atoms with Crippen LogP contribution >= 0.6 is 0 Å². The summed E-state index contributed by atoms with van der Waals surface area (Å²) in [5, 5.41) is 10.7. The van der Waals surface area contributed by atoms with Gasteiger partial charge in [-0.05, 0) is 18.4 Å². The summed E-state index contributed by atoms with van der Waals surface area (Å²) >= 11 is 0. The standard InChI is InChI=1S/C10H12N2O4S/c1-17(15,16)11-6-2-3-8-4-5-9(12(13)14)7-10(8)11/h4-5,7H,2-3,6H2,1H3. The van der Waals surface area contributed by atoms with Gasteiger partial charge in [0.05, 0.1) is 16.9 Å². The lowest BCUT2D eigenvalue weighted by atomic mass is 10.0. The molecule has 1 aliphatic rings. The maximum absolute atomic E-state index is 11.6. The Morgan fingerprint density at radius 1 is 1.41 bits per heavy atom. The molecule has 17 heavy (non-hydrogen) atoms. The molecule has 0 fully saturated rings. The quantitative estimate of drug-likeness (QED) is 0.590. The Kier molecular flexibility index (Phi) is 2.78. The number of sulfonamides is 1. The molecule has 0 amide bonds. The van der Waals surface area contributed by atoms with Gasteiger partial charge >= 0.3 is 0 Å². The fourth-order valence-electron chi connectivity index (χ4n) is 1.99. The van der Waals surface area contributed by atoms with Crippen molar-refractivity contribution in [3.63, 3.8) is 0 Å². The van der Waals surface area contributed by atoms with Crippen molar-refractivity contribution in [2.75, 3.05) is 17.1 Å². The Morgan fingerprint density at radius 2 is 2.12 bits per heavy atom. The number of fused-ring (bicyclic) bond motifs is 1. The maximum Gasteiger partial charge on any atom is 0.271 e. The molecule has 0 saturated heterocycles. The second-order valence-corrected chi connectivity index (χ2v) is 5.92. The van der Waals surface area contributed by atoms with E-state index in [1.807, 2.05) is 0 Å². The van der Waals surface area contributed by atoms with Crippen LogP contribution in [0.4, 0.5) is 11.4 Å². The Hall–Kier alpha value is -1.63. The van der Waals surface area contributed by atoms with Gasteiger partial charge in [-0.2, -0.15) is 0 Å². The van der Waals surface area contributed by atoms with E-state index in [0.717, 1.165) is 24.7 Å². The first-order chi connectivity index (χ1) is 7.89. The van der Waals surface area contributed by atoms with Crippen LogP contribution in [0.15, 0.2) is 18.2 Å². The average molecular weight is 256 g/mol. The lowest BCUT2D eigenvalue weighted by Crippen LogP contribution is -2.34. The number of rotatable bonds is 2. The molecule has 0 spiro atoms. The van der Waals surface area contributed by atoms with Crippen LogP contribution < -0.4 is 4.31 Å². The molecule has 0 N–H and O–H groups in total. The molecule has 92 valence electrons. The molecule has 1 aliphatic heterocycles. The van der Waals surface area contributed by atoms with Crippen molar-refractivity contribution < 1.29 is 13.3 Å². The van der Waals surface area contributed by atoms with E-state index in [1.165, 1.54) is 16.4 Å². The number of nitro benzene ring substituents is 1. The molecule has 1 heterocycles. The van der Waals surface area contributed by atoms with Crippen LogP contribution in [0.3, 0.4) is 0 Å². The van der Waals surface area contributed by atoms with Crippen molar-refractivity contribution in [2.24, 2.45) is 0 Å². The number of hydrogen-bond acceptors (Lipinski definition) is 4. The van der Waals surface area contributed by atoms with E-state index in [-0.39, 0.29) is 5.69 Å². The van der Waals surface area contributed by atoms with Crippen LogP contribution in [0, 0.1) is 10.1 Å². The van der Waals surface area contributed by atoms with Crippen LogP contribution in [-0.2, 0) is 16.4 Å². The molecule has 0 saturated carbocycles. The molecule has 0 atom stereocenters. The highest BCUT2D eigenvalue weighted by Gasteiger charge is 2.25. The van der Waals surface area contributed by atoms with E-state index in [4.69, 9.17) is 0 Å². The summed E-state index contributed by atoms with van der Waals surface area (Å²) in [7, 11) is -3.37. The first kappa shape index (κ1) is 11.8. The molecule has 1 aromatic carbocycles. The molecule has 0 bridgehead atoms. The normalized spacial score (nSPS) is 15.5. The molecule has 0 aliphatic carbocycles. The predicted octanol–water partition coefficient (Wildman–Crippen LogP) is 1.31. The second kappa shape index (κ2) is 3.99. The predicted molar refractivity (Wildman–Crippen MR) is 63.6 cm³/mol. The van der Waals surface area contributed by atoms with Crippen molar-refractivity contribution in [3.8, 4) is 0 Å². The Morgan fingerprint density at radius 3 is 2.71 bits per heavy atom. The van der Waals surface area contributed by atoms with Crippen LogP contribution in [0.5, 0.6) is 0 Å². The third-order valence-corrected chi connectivity index (χ3v) is 3.94. The number of hydrogen-bond donors (Lipinski definition) is 0. The Bertz CT molecular complexity index is 568. The zero-order valence-electron chi connectivity index (χ0n) is 9.29. The lowest BCUT2D eigenvalue weighted by molar-refractivity contribution is -0.384. The summed E-state index contributed by atoms with van der Waals surface area (Å²) in [6.45, 7) is 0.382. The first-order valence-electron chi connectivity index (χ1n) is 5.14. The van der Waals surface area contributed by atoms with Crippen LogP contribution in [0.1, 0.15) is 12.0 Å². The van der Waals surface area contributed by atoms with Gasteiger partial charge in [-0.25, -0.2) is 8.42 Å². The summed E-state index contributed by atoms with van der Waals surface area (Å²) in [5.74, 6) is 0. The van der Waals surface area contributed by atoms with Gasteiger partial charge in [0.2, 0.25) is 10.0 Å². The van der Waals surface area contributed by atoms with Crippen LogP contribution in [0.25, 0.3) is 0 Å². The third kappa shape index (κ3) is 2.23. The van der Waals surface area contributed by atoms with Gasteiger partial charge in [0.15, 0.2) is 0 Å². The Balaban J connectivity index is 2.56. The highest BCUT2D eigenvalue weighted by molar-refractivity contribution is 7.92. The minimum absolute atomic E-state index is 0.0840. The van der Waals surface area contributed by atoms with Gasteiger partial charge in [0.1, 0.15) is 0 Å². The zero-order valence-corrected chi connectivity index (χ0v) is 10.1. The molecular weight excluding hydrogens is 244 g/mol. The molecule has 0 unspecified atom stereocenters. The maximum atomic E-state index is 11.6. The van der Waals surface area contributed by atoms with E-state index in [2.05, 4.69) is 0 Å². The lowest BCUT2D eigenvalue weighted by Gasteiger charge is -2.28. The number of aryl methyl sites for hydroxylation is 1. The molecule has 7 heteroatoms. The highest BCUT2D eigenvalue weighted by Crippen LogP contribution is 2.32. The van der Waals surface area contributed by atoms with Crippen LogP contribution in [0.2, 0.25) is 0 Å². The second-order valence-electron chi connectivity index (χ2n) is 4.01. The number of nitro groups is 1. The summed E-state index contributed by atoms with van der Waals surface area (Å²) in [6, 6.07) is 4.37. The minimum Gasteiger partial charge on any atom is -0.270 e. The van der Waals surface area contributed by atoms with Crippen LogP contribution in [-0.4, -0.2) is 26.1 Å². The van der Waals surface area contributed by atoms with Gasteiger partial charge in [-0.15, -0.1) is 0 Å². The SMILES string of the molecule is CS(=O)(=O)N1CCCc2ccc([N+](=O)[O-])cc21. The van der Waals surface area contributed by atoms with Gasteiger partial charge < -0.3 is 0 Å². The van der Waals surface area contributed by atoms with Crippen molar-refractivity contribution in [2.45, 2.75) is 12.8 Å². The molecule has 0 aromatic heterocycles. The summed E-state index contributed by atoms with van der Waals surface area (Å²) < 4.78 is 24.4. The van der Waals surface area contributed by atoms with Crippen molar-refractivity contribution >= 4 is 21.4 Å². The summed E-state index contributed by atoms with van der Waals surface area (Å²) in [5.41, 5.74) is 1.19. The highest BCUT2D eigenvalue weighted by atomic mass is 32.2. The van der Waals surface area contributed by atoms with Gasteiger partial charge in [0.25, 0.3) is 5.69 Å². The van der Waals surface area contributed by atoms with Gasteiger partial charge in [-0.1, -0.05) is 6.07 Å². The topological polar surface area (TPSA) is 80.5 Å². The van der Waals surface area contributed by atoms with E-state index < -0.39 is 14.9 Å². The third-order valence-electron chi connectivity index (χ3n) is 2.76. The summed E-state index contributed by atoms with van der Waals surface area (Å²) in [6.07, 6.45) is 2.60. The van der Waals surface area contributed by atoms with Gasteiger partial charge in [-0.3, -0.25) is 14.4 Å². The van der Waals surface area contributed by atoms with Crippen molar-refractivity contribution in [1.29, 1.82) is 0 Å². The zero-order chi connectivity index (χ0) is 12.6. The molecule has 0 radical (unpaired) electrons. The van der Waals surface area contributed by atoms with Gasteiger partial charge in [0, 0.05) is 18.7 Å². The first-order valence-corrected chi connectivity index (χ1v) is 6.99. The Labute approximate surface area is 99.1 Å². The largest absolute Gasteiger partial charge is 0.271 e. The number of non-ortho nitro benzene ring substituents is 1. The fourth-order valence-corrected chi connectivity index (χ4v) is 2.98. The van der Waals surface area contributed by atoms with E-state index >= 15 is 0 Å². The molecule has 6 nitrogen and oxygen atoms in total. The molecule has 1 aromatic rings. The number of benzene rings is 1. The fraction of sp³-hybridized carbons (Fsp3) is 0.400.